The molecule has 0 aromatic heterocycles. The van der Waals surface area contributed by atoms with Crippen molar-refractivity contribution >= 4 is 5.97 Å². The van der Waals surface area contributed by atoms with Crippen molar-refractivity contribution in [2.75, 3.05) is 0 Å². The van der Waals surface area contributed by atoms with Crippen LogP contribution in [0.15, 0.2) is 11.6 Å². The molecule has 2 aliphatic carbocycles. The number of allylic oxidation sites excluding steroid dienone is 1. The lowest BCUT2D eigenvalue weighted by atomic mass is 9.96. The van der Waals surface area contributed by atoms with Gasteiger partial charge in [0.1, 0.15) is 6.10 Å². The van der Waals surface area contributed by atoms with Crippen LogP contribution in [0.25, 0.3) is 0 Å². The van der Waals surface area contributed by atoms with Gasteiger partial charge in [-0.3, -0.25) is 4.79 Å². The molecule has 0 N–H and O–H groups in total. The van der Waals surface area contributed by atoms with Gasteiger partial charge in [-0.15, -0.1) is 0 Å². The standard InChI is InChI=1S/C14H22O2/c15-14(11-12-7-3-1-4-8-12)16-13-9-5-2-6-10-13/h7,13H,1-6,8-11H2. The molecular formula is C14H22O2. The van der Waals surface area contributed by atoms with Crippen molar-refractivity contribution in [1.29, 1.82) is 0 Å². The first-order valence-electron chi connectivity index (χ1n) is 6.72. The maximum Gasteiger partial charge on any atom is 0.310 e. The van der Waals surface area contributed by atoms with Crippen LogP contribution in [0.4, 0.5) is 0 Å². The molecule has 0 aromatic rings. The average Bonchev–Trinajstić information content (AvgIpc) is 2.31. The van der Waals surface area contributed by atoms with Crippen molar-refractivity contribution in [3.05, 3.63) is 11.6 Å². The zero-order valence-corrected chi connectivity index (χ0v) is 10.0. The van der Waals surface area contributed by atoms with Crippen molar-refractivity contribution in [1.82, 2.24) is 0 Å². The number of rotatable bonds is 3. The van der Waals surface area contributed by atoms with Crippen molar-refractivity contribution < 1.29 is 9.53 Å². The van der Waals surface area contributed by atoms with Gasteiger partial charge in [-0.1, -0.05) is 18.1 Å². The van der Waals surface area contributed by atoms with Gasteiger partial charge < -0.3 is 4.74 Å². The Kier molecular flexibility index (Phi) is 4.44. The van der Waals surface area contributed by atoms with Crippen molar-refractivity contribution in [2.45, 2.75) is 70.3 Å². The maximum absolute atomic E-state index is 11.7. The SMILES string of the molecule is O=C(CC1=CCCCC1)OC1CCCCC1. The van der Waals surface area contributed by atoms with E-state index in [-0.39, 0.29) is 12.1 Å². The summed E-state index contributed by atoms with van der Waals surface area (Å²) in [5, 5.41) is 0. The molecule has 2 nitrogen and oxygen atoms in total. The minimum absolute atomic E-state index is 0.0000463. The van der Waals surface area contributed by atoms with Crippen LogP contribution in [0.5, 0.6) is 0 Å². The third-order valence-electron chi connectivity index (χ3n) is 3.61. The number of carbonyl (C=O) groups excluding carboxylic acids is 1. The van der Waals surface area contributed by atoms with E-state index >= 15 is 0 Å². The lowest BCUT2D eigenvalue weighted by Gasteiger charge is -2.22. The molecular weight excluding hydrogens is 200 g/mol. The molecule has 0 amide bonds. The lowest BCUT2D eigenvalue weighted by Crippen LogP contribution is -2.21. The van der Waals surface area contributed by atoms with Crippen LogP contribution in [0, 0.1) is 0 Å². The first kappa shape index (κ1) is 11.7. The molecule has 0 atom stereocenters. The van der Waals surface area contributed by atoms with Crippen LogP contribution in [-0.2, 0) is 9.53 Å². The summed E-state index contributed by atoms with van der Waals surface area (Å²) in [4.78, 5) is 11.7. The van der Waals surface area contributed by atoms with Gasteiger partial charge in [0.05, 0.1) is 6.42 Å². The van der Waals surface area contributed by atoms with E-state index in [2.05, 4.69) is 6.08 Å². The highest BCUT2D eigenvalue weighted by atomic mass is 16.5. The minimum atomic E-state index is 0.0000463. The fourth-order valence-electron chi connectivity index (χ4n) is 2.66. The summed E-state index contributed by atoms with van der Waals surface area (Å²) in [6.45, 7) is 0. The highest BCUT2D eigenvalue weighted by molar-refractivity contribution is 5.72. The second kappa shape index (κ2) is 6.07. The molecule has 0 bridgehead atoms. The van der Waals surface area contributed by atoms with Gasteiger partial charge in [-0.05, 0) is 51.4 Å². The van der Waals surface area contributed by atoms with Gasteiger partial charge in [-0.2, -0.15) is 0 Å². The summed E-state index contributed by atoms with van der Waals surface area (Å²) in [5.41, 5.74) is 1.30. The highest BCUT2D eigenvalue weighted by Gasteiger charge is 2.18. The number of ether oxygens (including phenoxy) is 1. The van der Waals surface area contributed by atoms with E-state index in [0.29, 0.717) is 6.42 Å². The van der Waals surface area contributed by atoms with E-state index in [4.69, 9.17) is 4.74 Å². The Bertz CT molecular complexity index is 262. The zero-order valence-electron chi connectivity index (χ0n) is 10.0. The van der Waals surface area contributed by atoms with Crippen LogP contribution in [0.2, 0.25) is 0 Å². The summed E-state index contributed by atoms with van der Waals surface area (Å²) >= 11 is 0. The van der Waals surface area contributed by atoms with E-state index < -0.39 is 0 Å². The van der Waals surface area contributed by atoms with Gasteiger partial charge in [0.25, 0.3) is 0 Å². The second-order valence-electron chi connectivity index (χ2n) is 5.03. The summed E-state index contributed by atoms with van der Waals surface area (Å²) in [6.07, 6.45) is 13.6. The van der Waals surface area contributed by atoms with Crippen LogP contribution in [0.1, 0.15) is 64.2 Å². The zero-order chi connectivity index (χ0) is 11.2. The van der Waals surface area contributed by atoms with E-state index in [9.17, 15) is 4.79 Å². The Balaban J connectivity index is 1.72. The number of hydrogen-bond donors (Lipinski definition) is 0. The largest absolute Gasteiger partial charge is 0.462 e. The number of hydrogen-bond acceptors (Lipinski definition) is 2. The molecule has 0 unspecified atom stereocenters. The van der Waals surface area contributed by atoms with Crippen LogP contribution in [-0.4, -0.2) is 12.1 Å². The number of esters is 1. The molecule has 0 radical (unpaired) electrons. The summed E-state index contributed by atoms with van der Waals surface area (Å²) in [7, 11) is 0. The van der Waals surface area contributed by atoms with Gasteiger partial charge >= 0.3 is 5.97 Å². The highest BCUT2D eigenvalue weighted by Crippen LogP contribution is 2.23. The van der Waals surface area contributed by atoms with Gasteiger partial charge in [0.2, 0.25) is 0 Å². The summed E-state index contributed by atoms with van der Waals surface area (Å²) < 4.78 is 5.51. The Morgan fingerprint density at radius 2 is 2.00 bits per heavy atom. The summed E-state index contributed by atoms with van der Waals surface area (Å²) in [6, 6.07) is 0. The Morgan fingerprint density at radius 3 is 2.69 bits per heavy atom. The molecule has 2 rings (SSSR count). The van der Waals surface area contributed by atoms with Crippen molar-refractivity contribution in [3.63, 3.8) is 0 Å². The van der Waals surface area contributed by atoms with Crippen LogP contribution >= 0.6 is 0 Å². The van der Waals surface area contributed by atoms with Crippen LogP contribution < -0.4 is 0 Å². The maximum atomic E-state index is 11.7. The molecule has 16 heavy (non-hydrogen) atoms. The van der Waals surface area contributed by atoms with Gasteiger partial charge in [0.15, 0.2) is 0 Å². The predicted molar refractivity (Wildman–Crippen MR) is 64.1 cm³/mol. The quantitative estimate of drug-likeness (QED) is 0.537. The topological polar surface area (TPSA) is 26.3 Å². The summed E-state index contributed by atoms with van der Waals surface area (Å²) in [5.74, 6) is 0.0000463. The fraction of sp³-hybridized carbons (Fsp3) is 0.786. The average molecular weight is 222 g/mol. The fourth-order valence-corrected chi connectivity index (χ4v) is 2.66. The molecule has 1 saturated carbocycles. The van der Waals surface area contributed by atoms with Crippen molar-refractivity contribution in [3.8, 4) is 0 Å². The van der Waals surface area contributed by atoms with E-state index in [1.54, 1.807) is 0 Å². The Hall–Kier alpha value is -0.790. The molecule has 0 spiro atoms. The first-order valence-corrected chi connectivity index (χ1v) is 6.72. The normalized spacial score (nSPS) is 22.6. The Morgan fingerprint density at radius 1 is 1.19 bits per heavy atom. The molecule has 0 aromatic carbocycles. The molecule has 1 fully saturated rings. The predicted octanol–water partition coefficient (Wildman–Crippen LogP) is 3.75. The molecule has 90 valence electrons. The number of carbonyl (C=O) groups is 1. The molecule has 0 aliphatic heterocycles. The van der Waals surface area contributed by atoms with E-state index in [1.807, 2.05) is 0 Å². The van der Waals surface area contributed by atoms with Crippen LogP contribution in [0.3, 0.4) is 0 Å². The monoisotopic (exact) mass is 222 g/mol. The molecule has 0 heterocycles. The second-order valence-corrected chi connectivity index (χ2v) is 5.03. The Labute approximate surface area is 98.1 Å². The smallest absolute Gasteiger partial charge is 0.310 e. The van der Waals surface area contributed by atoms with Gasteiger partial charge in [-0.25, -0.2) is 0 Å². The molecule has 0 saturated heterocycles. The van der Waals surface area contributed by atoms with Gasteiger partial charge in [0, 0.05) is 0 Å². The van der Waals surface area contributed by atoms with E-state index in [0.717, 1.165) is 25.7 Å². The van der Waals surface area contributed by atoms with E-state index in [1.165, 1.54) is 37.7 Å². The first-order chi connectivity index (χ1) is 7.84. The minimum Gasteiger partial charge on any atom is -0.462 e. The third-order valence-corrected chi connectivity index (χ3v) is 3.61. The van der Waals surface area contributed by atoms with Crippen molar-refractivity contribution in [2.24, 2.45) is 0 Å². The lowest BCUT2D eigenvalue weighted by molar-refractivity contribution is -0.149. The molecule has 2 heteroatoms. The molecule has 2 aliphatic rings. The third kappa shape index (κ3) is 3.66.